The normalized spacial score (nSPS) is 14.8. The molecule has 0 aliphatic heterocycles. The highest BCUT2D eigenvalue weighted by Gasteiger charge is 2.17. The van der Waals surface area contributed by atoms with Crippen LogP contribution in [-0.4, -0.2) is 37.6 Å². The third kappa shape index (κ3) is 5.52. The van der Waals surface area contributed by atoms with Crippen molar-refractivity contribution in [3.8, 4) is 0 Å². The number of hydrogen-bond donors (Lipinski definition) is 1. The van der Waals surface area contributed by atoms with Crippen LogP contribution in [0, 0.1) is 0 Å². The van der Waals surface area contributed by atoms with E-state index in [9.17, 15) is 5.11 Å². The number of aliphatic hydroxyl groups excluding tert-OH is 1. The molecule has 0 aromatic rings. The van der Waals surface area contributed by atoms with E-state index in [4.69, 9.17) is 9.47 Å². The maximum atomic E-state index is 9.33. The second-order valence-corrected chi connectivity index (χ2v) is 3.61. The highest BCUT2D eigenvalue weighted by atomic mass is 16.5. The van der Waals surface area contributed by atoms with Crippen molar-refractivity contribution in [3.63, 3.8) is 0 Å². The van der Waals surface area contributed by atoms with Gasteiger partial charge < -0.3 is 14.6 Å². The highest BCUT2D eigenvalue weighted by molar-refractivity contribution is 4.69. The molecule has 0 radical (unpaired) electrons. The van der Waals surface area contributed by atoms with Gasteiger partial charge in [0.1, 0.15) is 0 Å². The second kappa shape index (κ2) is 5.51. The molecule has 0 spiro atoms. The second-order valence-electron chi connectivity index (χ2n) is 3.61. The zero-order chi connectivity index (χ0) is 9.61. The predicted molar refractivity (Wildman–Crippen MR) is 48.2 cm³/mol. The Bertz CT molecular complexity index is 112. The molecular formula is C9H20O3. The molecule has 0 heterocycles. The molecule has 1 atom stereocenters. The van der Waals surface area contributed by atoms with Crippen LogP contribution in [0.25, 0.3) is 0 Å². The van der Waals surface area contributed by atoms with Crippen LogP contribution in [-0.2, 0) is 9.47 Å². The molecule has 74 valence electrons. The van der Waals surface area contributed by atoms with E-state index >= 15 is 0 Å². The third-order valence-electron chi connectivity index (χ3n) is 1.99. The van der Waals surface area contributed by atoms with E-state index in [0.29, 0.717) is 13.0 Å². The zero-order valence-corrected chi connectivity index (χ0v) is 8.46. The van der Waals surface area contributed by atoms with E-state index in [1.54, 1.807) is 14.2 Å². The van der Waals surface area contributed by atoms with Crippen LogP contribution >= 0.6 is 0 Å². The average Bonchev–Trinajstić information content (AvgIpc) is 2.02. The van der Waals surface area contributed by atoms with Crippen molar-refractivity contribution in [1.82, 2.24) is 0 Å². The largest absolute Gasteiger partial charge is 0.391 e. The summed E-state index contributed by atoms with van der Waals surface area (Å²) in [6.45, 7) is 4.42. The summed E-state index contributed by atoms with van der Waals surface area (Å²) in [5, 5.41) is 9.33. The summed E-state index contributed by atoms with van der Waals surface area (Å²) < 4.78 is 10.0. The summed E-state index contributed by atoms with van der Waals surface area (Å²) in [6, 6.07) is 0. The fourth-order valence-corrected chi connectivity index (χ4v) is 0.892. The van der Waals surface area contributed by atoms with Gasteiger partial charge in [0, 0.05) is 14.2 Å². The van der Waals surface area contributed by atoms with Crippen molar-refractivity contribution in [3.05, 3.63) is 0 Å². The molecule has 1 N–H and O–H groups in total. The van der Waals surface area contributed by atoms with E-state index < -0.39 is 0 Å². The van der Waals surface area contributed by atoms with Crippen LogP contribution in [0.5, 0.6) is 0 Å². The van der Waals surface area contributed by atoms with Gasteiger partial charge >= 0.3 is 0 Å². The maximum absolute atomic E-state index is 9.33. The Kier molecular flexibility index (Phi) is 5.46. The molecule has 0 aliphatic rings. The van der Waals surface area contributed by atoms with Crippen LogP contribution in [0.15, 0.2) is 0 Å². The Hall–Kier alpha value is -0.120. The number of ether oxygens (including phenoxy) is 2. The lowest BCUT2D eigenvalue weighted by atomic mass is 10.0. The number of hydrogen-bond acceptors (Lipinski definition) is 3. The van der Waals surface area contributed by atoms with Gasteiger partial charge in [-0.1, -0.05) is 0 Å². The maximum Gasteiger partial charge on any atom is 0.0774 e. The third-order valence-corrected chi connectivity index (χ3v) is 1.99. The Morgan fingerprint density at radius 1 is 1.33 bits per heavy atom. The molecule has 0 aromatic carbocycles. The van der Waals surface area contributed by atoms with Crippen LogP contribution < -0.4 is 0 Å². The SMILES string of the molecule is COCC(O)CCC(C)(C)OC. The summed E-state index contributed by atoms with van der Waals surface area (Å²) in [4.78, 5) is 0. The molecule has 3 nitrogen and oxygen atoms in total. The number of aliphatic hydroxyl groups is 1. The smallest absolute Gasteiger partial charge is 0.0774 e. The number of methoxy groups -OCH3 is 2. The monoisotopic (exact) mass is 176 g/mol. The first-order valence-corrected chi connectivity index (χ1v) is 4.24. The molecule has 0 aliphatic carbocycles. The van der Waals surface area contributed by atoms with Gasteiger partial charge in [-0.3, -0.25) is 0 Å². The minimum absolute atomic E-state index is 0.144. The topological polar surface area (TPSA) is 38.7 Å². The van der Waals surface area contributed by atoms with Gasteiger partial charge in [0.2, 0.25) is 0 Å². The van der Waals surface area contributed by atoms with Crippen molar-refractivity contribution in [1.29, 1.82) is 0 Å². The predicted octanol–water partition coefficient (Wildman–Crippen LogP) is 1.20. The molecular weight excluding hydrogens is 156 g/mol. The molecule has 0 amide bonds. The zero-order valence-electron chi connectivity index (χ0n) is 8.46. The van der Waals surface area contributed by atoms with Crippen molar-refractivity contribution < 1.29 is 14.6 Å². The quantitative estimate of drug-likeness (QED) is 0.661. The van der Waals surface area contributed by atoms with Gasteiger partial charge in [-0.25, -0.2) is 0 Å². The highest BCUT2D eigenvalue weighted by Crippen LogP contribution is 2.16. The standard InChI is InChI=1S/C9H20O3/c1-9(2,12-4)6-5-8(10)7-11-3/h8,10H,5-7H2,1-4H3. The Morgan fingerprint density at radius 2 is 1.92 bits per heavy atom. The first-order chi connectivity index (χ1) is 5.52. The van der Waals surface area contributed by atoms with Crippen molar-refractivity contribution in [2.24, 2.45) is 0 Å². The molecule has 12 heavy (non-hydrogen) atoms. The first kappa shape index (κ1) is 11.9. The van der Waals surface area contributed by atoms with E-state index in [0.717, 1.165) is 6.42 Å². The van der Waals surface area contributed by atoms with Gasteiger partial charge in [-0.15, -0.1) is 0 Å². The minimum atomic E-state index is -0.371. The fourth-order valence-electron chi connectivity index (χ4n) is 0.892. The molecule has 0 rings (SSSR count). The van der Waals surface area contributed by atoms with Crippen LogP contribution in [0.3, 0.4) is 0 Å². The van der Waals surface area contributed by atoms with Crippen LogP contribution in [0.2, 0.25) is 0 Å². The molecule has 0 fully saturated rings. The van der Waals surface area contributed by atoms with Gasteiger partial charge in [0.05, 0.1) is 18.3 Å². The van der Waals surface area contributed by atoms with Crippen LogP contribution in [0.1, 0.15) is 26.7 Å². The first-order valence-electron chi connectivity index (χ1n) is 4.24. The van der Waals surface area contributed by atoms with Gasteiger partial charge in [-0.2, -0.15) is 0 Å². The lowest BCUT2D eigenvalue weighted by Crippen LogP contribution is -2.25. The van der Waals surface area contributed by atoms with E-state index in [-0.39, 0.29) is 11.7 Å². The Balaban J connectivity index is 3.52. The summed E-state index contributed by atoms with van der Waals surface area (Å²) in [7, 11) is 3.27. The molecule has 3 heteroatoms. The molecule has 1 unspecified atom stereocenters. The summed E-state index contributed by atoms with van der Waals surface area (Å²) in [5.74, 6) is 0. The summed E-state index contributed by atoms with van der Waals surface area (Å²) >= 11 is 0. The number of rotatable bonds is 6. The average molecular weight is 176 g/mol. The Labute approximate surface area is 74.7 Å². The van der Waals surface area contributed by atoms with E-state index in [1.807, 2.05) is 13.8 Å². The summed E-state index contributed by atoms with van der Waals surface area (Å²) in [6.07, 6.45) is 1.19. The van der Waals surface area contributed by atoms with Gasteiger partial charge in [0.15, 0.2) is 0 Å². The fraction of sp³-hybridized carbons (Fsp3) is 1.00. The van der Waals surface area contributed by atoms with Crippen LogP contribution in [0.4, 0.5) is 0 Å². The van der Waals surface area contributed by atoms with E-state index in [2.05, 4.69) is 0 Å². The molecule has 0 saturated heterocycles. The minimum Gasteiger partial charge on any atom is -0.391 e. The molecule has 0 bridgehead atoms. The molecule has 0 aromatic heterocycles. The van der Waals surface area contributed by atoms with Gasteiger partial charge in [-0.05, 0) is 26.7 Å². The van der Waals surface area contributed by atoms with Crippen molar-refractivity contribution in [2.75, 3.05) is 20.8 Å². The van der Waals surface area contributed by atoms with E-state index in [1.165, 1.54) is 0 Å². The lowest BCUT2D eigenvalue weighted by molar-refractivity contribution is -0.00745. The van der Waals surface area contributed by atoms with Crippen molar-refractivity contribution in [2.45, 2.75) is 38.4 Å². The molecule has 0 saturated carbocycles. The summed E-state index contributed by atoms with van der Waals surface area (Å²) in [5.41, 5.74) is -0.144. The Morgan fingerprint density at radius 3 is 2.33 bits per heavy atom. The van der Waals surface area contributed by atoms with Crippen molar-refractivity contribution >= 4 is 0 Å². The lowest BCUT2D eigenvalue weighted by Gasteiger charge is -2.23. The van der Waals surface area contributed by atoms with Gasteiger partial charge in [0.25, 0.3) is 0 Å².